The summed E-state index contributed by atoms with van der Waals surface area (Å²) in [5, 5.41) is 7.34. The highest BCUT2D eigenvalue weighted by molar-refractivity contribution is 7.11. The summed E-state index contributed by atoms with van der Waals surface area (Å²) in [6.07, 6.45) is 8.37. The second-order valence-electron chi connectivity index (χ2n) is 5.41. The number of rotatable bonds is 5. The molecule has 1 heterocycles. The molecule has 0 aromatic carbocycles. The van der Waals surface area contributed by atoms with Crippen molar-refractivity contribution in [2.45, 2.75) is 57.5 Å². The van der Waals surface area contributed by atoms with Crippen LogP contribution in [0.25, 0.3) is 0 Å². The van der Waals surface area contributed by atoms with Crippen LogP contribution < -0.4 is 10.6 Å². The van der Waals surface area contributed by atoms with Crippen molar-refractivity contribution in [1.29, 1.82) is 0 Å². The number of thiazole rings is 1. The minimum absolute atomic E-state index is 0.0150. The first kappa shape index (κ1) is 14.5. The molecule has 1 amide bonds. The van der Waals surface area contributed by atoms with E-state index in [1.54, 1.807) is 11.3 Å². The van der Waals surface area contributed by atoms with E-state index < -0.39 is 0 Å². The summed E-state index contributed by atoms with van der Waals surface area (Å²) in [6, 6.07) is 0. The summed E-state index contributed by atoms with van der Waals surface area (Å²) in [7, 11) is 1.97. The third-order valence-corrected chi connectivity index (χ3v) is 4.86. The van der Waals surface area contributed by atoms with Crippen LogP contribution in [-0.4, -0.2) is 23.5 Å². The lowest BCUT2D eigenvalue weighted by Crippen LogP contribution is -2.48. The molecule has 1 fully saturated rings. The van der Waals surface area contributed by atoms with Gasteiger partial charge in [-0.25, -0.2) is 4.98 Å². The predicted octanol–water partition coefficient (Wildman–Crippen LogP) is 2.38. The Bertz CT molecular complexity index is 424. The van der Waals surface area contributed by atoms with E-state index in [2.05, 4.69) is 15.6 Å². The second-order valence-corrected chi connectivity index (χ2v) is 6.73. The van der Waals surface area contributed by atoms with Crippen molar-refractivity contribution in [3.05, 3.63) is 16.1 Å². The van der Waals surface area contributed by atoms with Crippen LogP contribution in [0, 0.1) is 6.92 Å². The Hall–Kier alpha value is -0.940. The van der Waals surface area contributed by atoms with E-state index in [0.29, 0.717) is 13.0 Å². The zero-order chi connectivity index (χ0) is 13.7. The minimum Gasteiger partial charge on any atom is -0.350 e. The molecular formula is C14H23N3OS. The van der Waals surface area contributed by atoms with Crippen molar-refractivity contribution in [3.63, 3.8) is 0 Å². The highest BCUT2D eigenvalue weighted by atomic mass is 32.1. The Balaban J connectivity index is 1.82. The molecule has 106 valence electrons. The van der Waals surface area contributed by atoms with Gasteiger partial charge >= 0.3 is 0 Å². The second kappa shape index (κ2) is 6.48. The number of carbonyl (C=O) groups is 1. The Morgan fingerprint density at radius 3 is 2.74 bits per heavy atom. The van der Waals surface area contributed by atoms with Crippen LogP contribution in [0.5, 0.6) is 0 Å². The summed E-state index contributed by atoms with van der Waals surface area (Å²) in [5.41, 5.74) is 0.0150. The molecule has 5 heteroatoms. The number of hydrogen-bond donors (Lipinski definition) is 2. The fourth-order valence-corrected chi connectivity index (χ4v) is 3.50. The standard InChI is InChI=1S/C14H23N3OS/c1-11-9-17-13(19-11)10-16-12(18)8-14(15-2)6-4-3-5-7-14/h9,15H,3-8,10H2,1-2H3,(H,16,18). The monoisotopic (exact) mass is 281 g/mol. The fraction of sp³-hybridized carbons (Fsp3) is 0.714. The molecule has 0 spiro atoms. The van der Waals surface area contributed by atoms with Crippen LogP contribution in [0.3, 0.4) is 0 Å². The maximum Gasteiger partial charge on any atom is 0.222 e. The maximum atomic E-state index is 12.1. The van der Waals surface area contributed by atoms with E-state index in [9.17, 15) is 4.79 Å². The van der Waals surface area contributed by atoms with Crippen molar-refractivity contribution < 1.29 is 4.79 Å². The van der Waals surface area contributed by atoms with Crippen LogP contribution in [0.4, 0.5) is 0 Å². The smallest absolute Gasteiger partial charge is 0.222 e. The van der Waals surface area contributed by atoms with Crippen LogP contribution in [0.1, 0.15) is 48.4 Å². The number of nitrogens with zero attached hydrogens (tertiary/aromatic N) is 1. The largest absolute Gasteiger partial charge is 0.350 e. The lowest BCUT2D eigenvalue weighted by molar-refractivity contribution is -0.123. The van der Waals surface area contributed by atoms with Gasteiger partial charge in [-0.3, -0.25) is 4.79 Å². The Morgan fingerprint density at radius 2 is 2.16 bits per heavy atom. The summed E-state index contributed by atoms with van der Waals surface area (Å²) in [4.78, 5) is 17.5. The molecule has 19 heavy (non-hydrogen) atoms. The highest BCUT2D eigenvalue weighted by Crippen LogP contribution is 2.30. The Morgan fingerprint density at radius 1 is 1.42 bits per heavy atom. The zero-order valence-corrected chi connectivity index (χ0v) is 12.6. The first-order valence-electron chi connectivity index (χ1n) is 7.00. The van der Waals surface area contributed by atoms with Gasteiger partial charge in [0.25, 0.3) is 0 Å². The van der Waals surface area contributed by atoms with Gasteiger partial charge in [-0.2, -0.15) is 0 Å². The maximum absolute atomic E-state index is 12.1. The Kier molecular flexibility index (Phi) is 4.93. The molecule has 2 N–H and O–H groups in total. The lowest BCUT2D eigenvalue weighted by Gasteiger charge is -2.36. The number of amides is 1. The molecule has 0 unspecified atom stereocenters. The molecule has 1 aliphatic rings. The quantitative estimate of drug-likeness (QED) is 0.871. The summed E-state index contributed by atoms with van der Waals surface area (Å²) in [5.74, 6) is 0.129. The van der Waals surface area contributed by atoms with Crippen LogP contribution in [0.2, 0.25) is 0 Å². The van der Waals surface area contributed by atoms with E-state index >= 15 is 0 Å². The first-order valence-corrected chi connectivity index (χ1v) is 7.82. The van der Waals surface area contributed by atoms with E-state index in [0.717, 1.165) is 17.8 Å². The summed E-state index contributed by atoms with van der Waals surface area (Å²) >= 11 is 1.64. The van der Waals surface area contributed by atoms with Crippen molar-refractivity contribution in [3.8, 4) is 0 Å². The normalized spacial score (nSPS) is 18.2. The molecule has 0 atom stereocenters. The summed E-state index contributed by atoms with van der Waals surface area (Å²) in [6.45, 7) is 2.58. The summed E-state index contributed by atoms with van der Waals surface area (Å²) < 4.78 is 0. The molecule has 1 aliphatic carbocycles. The lowest BCUT2D eigenvalue weighted by atomic mass is 9.79. The van der Waals surface area contributed by atoms with Gasteiger partial charge in [0.2, 0.25) is 5.91 Å². The molecular weight excluding hydrogens is 258 g/mol. The van der Waals surface area contributed by atoms with Crippen LogP contribution in [0.15, 0.2) is 6.20 Å². The van der Waals surface area contributed by atoms with Gasteiger partial charge in [0.1, 0.15) is 5.01 Å². The predicted molar refractivity (Wildman–Crippen MR) is 78.2 cm³/mol. The van der Waals surface area contributed by atoms with Gasteiger partial charge in [0.15, 0.2) is 0 Å². The number of aryl methyl sites for hydroxylation is 1. The highest BCUT2D eigenvalue weighted by Gasteiger charge is 2.32. The third-order valence-electron chi connectivity index (χ3n) is 3.95. The van der Waals surface area contributed by atoms with Gasteiger partial charge in [0, 0.05) is 23.0 Å². The average molecular weight is 281 g/mol. The minimum atomic E-state index is 0.0150. The van der Waals surface area contributed by atoms with E-state index in [4.69, 9.17) is 0 Å². The van der Waals surface area contributed by atoms with Crippen molar-refractivity contribution in [2.24, 2.45) is 0 Å². The average Bonchev–Trinajstić information content (AvgIpc) is 2.83. The molecule has 1 aromatic rings. The van der Waals surface area contributed by atoms with E-state index in [-0.39, 0.29) is 11.4 Å². The molecule has 2 rings (SSSR count). The van der Waals surface area contributed by atoms with Gasteiger partial charge in [-0.1, -0.05) is 19.3 Å². The molecule has 0 radical (unpaired) electrons. The number of carbonyl (C=O) groups excluding carboxylic acids is 1. The third kappa shape index (κ3) is 4.01. The van der Waals surface area contributed by atoms with E-state index in [1.165, 1.54) is 24.1 Å². The van der Waals surface area contributed by atoms with Crippen LogP contribution >= 0.6 is 11.3 Å². The Labute approximate surface area is 119 Å². The molecule has 1 saturated carbocycles. The van der Waals surface area contributed by atoms with Gasteiger partial charge in [-0.05, 0) is 26.8 Å². The van der Waals surface area contributed by atoms with Crippen molar-refractivity contribution in [2.75, 3.05) is 7.05 Å². The first-order chi connectivity index (χ1) is 9.13. The zero-order valence-electron chi connectivity index (χ0n) is 11.8. The molecule has 0 bridgehead atoms. The number of hydrogen-bond acceptors (Lipinski definition) is 4. The number of nitrogens with one attached hydrogen (secondary N) is 2. The fourth-order valence-electron chi connectivity index (χ4n) is 2.77. The van der Waals surface area contributed by atoms with Gasteiger partial charge in [-0.15, -0.1) is 11.3 Å². The molecule has 4 nitrogen and oxygen atoms in total. The SMILES string of the molecule is CNC1(CC(=O)NCc2ncc(C)s2)CCCCC1. The van der Waals surface area contributed by atoms with Gasteiger partial charge in [0.05, 0.1) is 6.54 Å². The molecule has 1 aromatic heterocycles. The van der Waals surface area contributed by atoms with Crippen molar-refractivity contribution in [1.82, 2.24) is 15.6 Å². The van der Waals surface area contributed by atoms with Crippen LogP contribution in [-0.2, 0) is 11.3 Å². The van der Waals surface area contributed by atoms with E-state index in [1.807, 2.05) is 20.2 Å². The molecule has 0 saturated heterocycles. The molecule has 0 aliphatic heterocycles. The number of aromatic nitrogens is 1. The van der Waals surface area contributed by atoms with Gasteiger partial charge < -0.3 is 10.6 Å². The van der Waals surface area contributed by atoms with Crippen molar-refractivity contribution >= 4 is 17.2 Å². The topological polar surface area (TPSA) is 54.0 Å².